The van der Waals surface area contributed by atoms with Gasteiger partial charge in [0.1, 0.15) is 11.9 Å². The van der Waals surface area contributed by atoms with Crippen molar-refractivity contribution in [1.29, 1.82) is 0 Å². The molecule has 3 heterocycles. The highest BCUT2D eigenvalue weighted by Crippen LogP contribution is 2.32. The summed E-state index contributed by atoms with van der Waals surface area (Å²) in [6, 6.07) is 3.35. The van der Waals surface area contributed by atoms with Crippen LogP contribution in [0.2, 0.25) is 0 Å². The van der Waals surface area contributed by atoms with Gasteiger partial charge >= 0.3 is 5.69 Å². The van der Waals surface area contributed by atoms with Gasteiger partial charge in [0.2, 0.25) is 27.7 Å². The van der Waals surface area contributed by atoms with Gasteiger partial charge in [-0.3, -0.25) is 10.1 Å². The first-order chi connectivity index (χ1) is 17.2. The molecule has 1 saturated heterocycles. The lowest BCUT2D eigenvalue weighted by Gasteiger charge is -2.33. The number of hydrogen-bond donors (Lipinski definition) is 3. The summed E-state index contributed by atoms with van der Waals surface area (Å²) >= 11 is 0. The number of hydrogen-bond acceptors (Lipinski definition) is 11. The first-order valence-corrected chi connectivity index (χ1v) is 13.6. The molecule has 2 aromatic heterocycles. The van der Waals surface area contributed by atoms with E-state index in [4.69, 9.17) is 4.74 Å². The third kappa shape index (κ3) is 6.36. The van der Waals surface area contributed by atoms with E-state index in [9.17, 15) is 23.6 Å². The number of ether oxygens (including phenoxy) is 1. The number of pyridine rings is 1. The minimum Gasteiger partial charge on any atom is -0.480 e. The Balaban J connectivity index is 1.39. The molecule has 13 nitrogen and oxygen atoms in total. The first-order valence-electron chi connectivity index (χ1n) is 11.9. The highest BCUT2D eigenvalue weighted by atomic mass is 32.2. The van der Waals surface area contributed by atoms with Crippen LogP contribution in [0.3, 0.4) is 0 Å². The predicted octanol–water partition coefficient (Wildman–Crippen LogP) is 2.29. The van der Waals surface area contributed by atoms with Crippen LogP contribution in [0.25, 0.3) is 0 Å². The molecule has 2 fully saturated rings. The zero-order valence-corrected chi connectivity index (χ0v) is 20.9. The van der Waals surface area contributed by atoms with E-state index in [0.717, 1.165) is 6.20 Å². The fourth-order valence-corrected chi connectivity index (χ4v) is 6.63. The van der Waals surface area contributed by atoms with Gasteiger partial charge in [-0.05, 0) is 56.6 Å². The molecule has 2 aliphatic rings. The monoisotopic (exact) mass is 521 g/mol. The SMILES string of the molecule is COc1ncccc1Nc1ncc([N+](=O)[O-])c(NC2CCC(CS(=O)(=O)N3CCCC(O)C3)CC2)n1. The van der Waals surface area contributed by atoms with Gasteiger partial charge in [-0.1, -0.05) is 0 Å². The Morgan fingerprint density at radius 3 is 2.72 bits per heavy atom. The highest BCUT2D eigenvalue weighted by molar-refractivity contribution is 7.89. The summed E-state index contributed by atoms with van der Waals surface area (Å²) in [7, 11) is -1.95. The highest BCUT2D eigenvalue weighted by Gasteiger charge is 2.32. The Bertz CT molecular complexity index is 1170. The maximum atomic E-state index is 12.8. The molecular weight excluding hydrogens is 490 g/mol. The van der Waals surface area contributed by atoms with E-state index in [0.29, 0.717) is 56.6 Å². The summed E-state index contributed by atoms with van der Waals surface area (Å²) in [5.41, 5.74) is 0.273. The van der Waals surface area contributed by atoms with Gasteiger partial charge in [-0.25, -0.2) is 18.4 Å². The van der Waals surface area contributed by atoms with Crippen molar-refractivity contribution in [3.63, 3.8) is 0 Å². The van der Waals surface area contributed by atoms with Crippen LogP contribution in [0.4, 0.5) is 23.1 Å². The lowest BCUT2D eigenvalue weighted by Crippen LogP contribution is -2.44. The van der Waals surface area contributed by atoms with Crippen molar-refractivity contribution < 1.29 is 23.2 Å². The van der Waals surface area contributed by atoms with Gasteiger partial charge in [-0.2, -0.15) is 9.29 Å². The number of piperidine rings is 1. The van der Waals surface area contributed by atoms with Crippen LogP contribution in [-0.4, -0.2) is 75.8 Å². The Morgan fingerprint density at radius 1 is 1.25 bits per heavy atom. The van der Waals surface area contributed by atoms with Crippen molar-refractivity contribution in [2.45, 2.75) is 50.7 Å². The lowest BCUT2D eigenvalue weighted by molar-refractivity contribution is -0.384. The molecule has 0 spiro atoms. The quantitative estimate of drug-likeness (QED) is 0.326. The number of nitro groups is 1. The minimum absolute atomic E-state index is 0.00257. The molecule has 196 valence electrons. The Morgan fingerprint density at radius 2 is 2.03 bits per heavy atom. The number of aliphatic hydroxyl groups excluding tert-OH is 1. The fourth-order valence-electron chi connectivity index (χ4n) is 4.69. The molecule has 0 aromatic carbocycles. The summed E-state index contributed by atoms with van der Waals surface area (Å²) in [4.78, 5) is 23.5. The van der Waals surface area contributed by atoms with Crippen LogP contribution in [0.1, 0.15) is 38.5 Å². The summed E-state index contributed by atoms with van der Waals surface area (Å²) in [5, 5.41) is 27.5. The van der Waals surface area contributed by atoms with Gasteiger partial charge in [-0.15, -0.1) is 0 Å². The normalized spacial score (nSPS) is 23.1. The largest absolute Gasteiger partial charge is 0.480 e. The van der Waals surface area contributed by atoms with E-state index in [2.05, 4.69) is 25.6 Å². The number of anilines is 3. The van der Waals surface area contributed by atoms with Crippen molar-refractivity contribution in [3.8, 4) is 5.88 Å². The lowest BCUT2D eigenvalue weighted by atomic mass is 9.87. The van der Waals surface area contributed by atoms with Crippen LogP contribution >= 0.6 is 0 Å². The molecule has 0 amide bonds. The van der Waals surface area contributed by atoms with Crippen LogP contribution in [-0.2, 0) is 10.0 Å². The van der Waals surface area contributed by atoms with Crippen LogP contribution in [0, 0.1) is 16.0 Å². The van der Waals surface area contributed by atoms with E-state index in [-0.39, 0.29) is 41.7 Å². The molecule has 36 heavy (non-hydrogen) atoms. The number of nitrogens with zero attached hydrogens (tertiary/aromatic N) is 5. The van der Waals surface area contributed by atoms with E-state index < -0.39 is 21.1 Å². The minimum atomic E-state index is -3.43. The second-order valence-electron chi connectivity index (χ2n) is 9.16. The summed E-state index contributed by atoms with van der Waals surface area (Å²) in [6.45, 7) is 0.618. The Hall–Kier alpha value is -3.10. The maximum Gasteiger partial charge on any atom is 0.329 e. The number of β-amino-alcohol motifs (C(OH)–C–C–N with tert-alkyl or cyclic N) is 1. The molecule has 1 aliphatic heterocycles. The van der Waals surface area contributed by atoms with E-state index in [1.165, 1.54) is 11.4 Å². The summed E-state index contributed by atoms with van der Waals surface area (Å²) < 4.78 is 32.2. The van der Waals surface area contributed by atoms with Crippen molar-refractivity contribution in [2.75, 3.05) is 36.6 Å². The number of aromatic nitrogens is 3. The Labute approximate surface area is 209 Å². The molecule has 1 saturated carbocycles. The number of methoxy groups -OCH3 is 1. The summed E-state index contributed by atoms with van der Waals surface area (Å²) in [6.07, 6.45) is 6.07. The van der Waals surface area contributed by atoms with Crippen molar-refractivity contribution in [1.82, 2.24) is 19.3 Å². The average molecular weight is 522 g/mol. The predicted molar refractivity (Wildman–Crippen MR) is 133 cm³/mol. The van der Waals surface area contributed by atoms with Crippen LogP contribution in [0.15, 0.2) is 24.5 Å². The molecule has 0 radical (unpaired) electrons. The average Bonchev–Trinajstić information content (AvgIpc) is 2.85. The molecular formula is C22H31N7O6S. The fraction of sp³-hybridized carbons (Fsp3) is 0.591. The topological polar surface area (TPSA) is 173 Å². The smallest absolute Gasteiger partial charge is 0.329 e. The van der Waals surface area contributed by atoms with Gasteiger partial charge in [0.15, 0.2) is 0 Å². The van der Waals surface area contributed by atoms with Crippen molar-refractivity contribution in [3.05, 3.63) is 34.6 Å². The molecule has 3 N–H and O–H groups in total. The molecule has 2 aromatic rings. The second-order valence-corrected chi connectivity index (χ2v) is 11.2. The van der Waals surface area contributed by atoms with E-state index in [1.54, 1.807) is 18.3 Å². The van der Waals surface area contributed by atoms with Crippen molar-refractivity contribution in [2.24, 2.45) is 5.92 Å². The molecule has 4 rings (SSSR count). The van der Waals surface area contributed by atoms with E-state index in [1.807, 2.05) is 0 Å². The molecule has 1 unspecified atom stereocenters. The molecule has 1 aliphatic carbocycles. The van der Waals surface area contributed by atoms with Crippen molar-refractivity contribution >= 4 is 33.2 Å². The third-order valence-electron chi connectivity index (χ3n) is 6.56. The first kappa shape index (κ1) is 26.0. The molecule has 14 heteroatoms. The summed E-state index contributed by atoms with van der Waals surface area (Å²) in [5.74, 6) is 0.641. The number of aliphatic hydroxyl groups is 1. The molecule has 0 bridgehead atoms. The Kier molecular flexibility index (Phi) is 8.16. The van der Waals surface area contributed by atoms with Gasteiger partial charge in [0.25, 0.3) is 0 Å². The number of sulfonamides is 1. The standard InChI is InChI=1S/C22H31N7O6S/c1-35-21-18(5-2-10-23-21)26-22-24-12-19(29(31)32)20(27-22)25-16-8-6-15(7-9-16)14-36(33,34)28-11-3-4-17(30)13-28/h2,5,10,12,15-17,30H,3-4,6-9,11,13-14H2,1H3,(H2,24,25,26,27). The van der Waals surface area contributed by atoms with E-state index >= 15 is 0 Å². The van der Waals surface area contributed by atoms with Gasteiger partial charge in [0.05, 0.1) is 23.9 Å². The van der Waals surface area contributed by atoms with Crippen LogP contribution in [0.5, 0.6) is 5.88 Å². The third-order valence-corrected chi connectivity index (χ3v) is 8.57. The zero-order chi connectivity index (χ0) is 25.7. The molecule has 1 atom stereocenters. The van der Waals surface area contributed by atoms with Gasteiger partial charge < -0.3 is 20.5 Å². The number of nitrogens with one attached hydrogen (secondary N) is 2. The number of rotatable bonds is 9. The van der Waals surface area contributed by atoms with Crippen LogP contribution < -0.4 is 15.4 Å². The van der Waals surface area contributed by atoms with Gasteiger partial charge in [0, 0.05) is 25.3 Å². The maximum absolute atomic E-state index is 12.8. The second kappa shape index (κ2) is 11.3. The zero-order valence-electron chi connectivity index (χ0n) is 20.0.